The molecule has 0 aliphatic carbocycles. The van der Waals surface area contributed by atoms with Gasteiger partial charge >= 0.3 is 121 Å². The molecule has 0 radical (unpaired) electrons. The second kappa shape index (κ2) is 7.17. The minimum absolute atomic E-state index is 0.395. The van der Waals surface area contributed by atoms with E-state index in [0.717, 1.165) is 0 Å². The van der Waals surface area contributed by atoms with E-state index >= 15 is 0 Å². The number of carbonyl (C=O) groups is 2. The maximum atomic E-state index is 11.4. The maximum absolute atomic E-state index is 11.4. The van der Waals surface area contributed by atoms with E-state index in [4.69, 9.17) is 9.22 Å². The molecule has 0 bridgehead atoms. The van der Waals surface area contributed by atoms with Crippen molar-refractivity contribution < 1.29 is 18.8 Å². The Balaban J connectivity index is 5.76. The van der Waals surface area contributed by atoms with Crippen LogP contribution < -0.4 is 0 Å². The van der Waals surface area contributed by atoms with Crippen molar-refractivity contribution in [3.8, 4) is 0 Å². The Bertz CT molecular complexity index is 319. The van der Waals surface area contributed by atoms with Crippen LogP contribution in [0.2, 0.25) is 3.43 Å². The molecule has 0 aromatic carbocycles. The molecular weight excluding hydrogens is 355 g/mol. The van der Waals surface area contributed by atoms with Crippen molar-refractivity contribution in [2.75, 3.05) is 0 Å². The van der Waals surface area contributed by atoms with E-state index in [-0.39, 0.29) is 0 Å². The molecule has 0 aromatic heterocycles. The van der Waals surface area contributed by atoms with E-state index in [1.54, 1.807) is 6.92 Å². The Morgan fingerprint density at radius 3 is 1.58 bits per heavy atom. The Labute approximate surface area is 120 Å². The van der Waals surface area contributed by atoms with Crippen molar-refractivity contribution in [2.24, 2.45) is 0 Å². The Hall–Kier alpha value is -0.721. The minimum atomic E-state index is -4.44. The summed E-state index contributed by atoms with van der Waals surface area (Å²) in [6.45, 7) is 13.8. The van der Waals surface area contributed by atoms with Crippen LogP contribution in [0.5, 0.6) is 0 Å². The molecule has 0 saturated carbocycles. The molecule has 0 aromatic rings. The summed E-state index contributed by atoms with van der Waals surface area (Å²) in [7, 11) is 0. The molecule has 0 amide bonds. The standard InChI is InChI=1S/C6H13.C3H6O.2C2H4O2.Sn/c1-4-6(3)5-2;1-3(2)4;2*1-2(3)4;/h4-5H2,1-3H3;4H,1H2,2H3;2*1H3,(H,3,4);/q;;;;+3/p-3. The summed E-state index contributed by atoms with van der Waals surface area (Å²) in [4.78, 5) is 22.9. The van der Waals surface area contributed by atoms with E-state index in [1.165, 1.54) is 13.8 Å². The van der Waals surface area contributed by atoms with Crippen LogP contribution in [0.15, 0.2) is 12.3 Å². The van der Waals surface area contributed by atoms with Crippen LogP contribution in [0.1, 0.15) is 54.4 Å². The van der Waals surface area contributed by atoms with Gasteiger partial charge in [-0.2, -0.15) is 0 Å². The molecule has 0 fully saturated rings. The molecule has 0 heterocycles. The van der Waals surface area contributed by atoms with Crippen LogP contribution in [0.4, 0.5) is 0 Å². The normalized spacial score (nSPS) is 11.7. The van der Waals surface area contributed by atoms with E-state index in [0.29, 0.717) is 18.6 Å². The summed E-state index contributed by atoms with van der Waals surface area (Å²) in [6.07, 6.45) is 1.38. The zero-order chi connectivity index (χ0) is 15.3. The molecule has 0 saturated heterocycles. The van der Waals surface area contributed by atoms with Gasteiger partial charge in [0.15, 0.2) is 0 Å². The molecule has 0 spiro atoms. The van der Waals surface area contributed by atoms with Crippen molar-refractivity contribution in [2.45, 2.75) is 57.8 Å². The van der Waals surface area contributed by atoms with Gasteiger partial charge in [-0.1, -0.05) is 0 Å². The first-order valence-corrected chi connectivity index (χ1v) is 11.3. The predicted octanol–water partition coefficient (Wildman–Crippen LogP) is 3.18. The third kappa shape index (κ3) is 4.71. The third-order valence-corrected chi connectivity index (χ3v) is 14.3. The molecule has 0 atom stereocenters. The summed E-state index contributed by atoms with van der Waals surface area (Å²) in [5.41, 5.74) is 0. The predicted molar refractivity (Wildman–Crippen MR) is 74.1 cm³/mol. The first-order chi connectivity index (χ1) is 8.62. The van der Waals surface area contributed by atoms with E-state index in [1.807, 2.05) is 20.8 Å². The van der Waals surface area contributed by atoms with Crippen LogP contribution in [0, 0.1) is 0 Å². The fourth-order valence-electron chi connectivity index (χ4n) is 1.72. The Kier molecular flexibility index (Phi) is 6.89. The fraction of sp³-hybridized carbons (Fsp3) is 0.692. The number of hydrogen-bond acceptors (Lipinski definition) is 5. The zero-order valence-electron chi connectivity index (χ0n) is 12.7. The van der Waals surface area contributed by atoms with Crippen LogP contribution in [0.3, 0.4) is 0 Å². The monoisotopic (exact) mass is 380 g/mol. The van der Waals surface area contributed by atoms with Gasteiger partial charge in [0.25, 0.3) is 0 Å². The second-order valence-corrected chi connectivity index (χ2v) is 13.2. The zero-order valence-corrected chi connectivity index (χ0v) is 15.5. The van der Waals surface area contributed by atoms with Crippen LogP contribution >= 0.6 is 0 Å². The van der Waals surface area contributed by atoms with Gasteiger partial charge in [-0.3, -0.25) is 0 Å². The average Bonchev–Trinajstić information content (AvgIpc) is 2.24. The average molecular weight is 379 g/mol. The number of hydrogen-bond donors (Lipinski definition) is 0. The number of carbonyl (C=O) groups excluding carboxylic acids is 2. The van der Waals surface area contributed by atoms with Gasteiger partial charge < -0.3 is 0 Å². The van der Waals surface area contributed by atoms with Crippen LogP contribution in [-0.2, 0) is 18.8 Å². The van der Waals surface area contributed by atoms with Gasteiger partial charge in [-0.15, -0.1) is 0 Å². The Morgan fingerprint density at radius 1 is 1.00 bits per heavy atom. The topological polar surface area (TPSA) is 61.8 Å². The molecule has 110 valence electrons. The van der Waals surface area contributed by atoms with Crippen molar-refractivity contribution in [1.29, 1.82) is 0 Å². The molecule has 0 aliphatic heterocycles. The SMILES string of the molecule is C=C(C)[O][Sn]([O]C(C)=O)([O]C(C)=O)[C](C)(CC)CC. The molecular formula is C13H24O5Sn. The molecule has 0 rings (SSSR count). The number of rotatable bonds is 7. The fourth-order valence-corrected chi connectivity index (χ4v) is 10.1. The summed E-state index contributed by atoms with van der Waals surface area (Å²) >= 11 is -4.44. The third-order valence-electron chi connectivity index (χ3n) is 3.16. The first kappa shape index (κ1) is 18.3. The van der Waals surface area contributed by atoms with Crippen molar-refractivity contribution in [1.82, 2.24) is 0 Å². The number of allylic oxidation sites excluding steroid dienone is 1. The van der Waals surface area contributed by atoms with E-state index in [9.17, 15) is 9.59 Å². The van der Waals surface area contributed by atoms with Crippen LogP contribution in [0.25, 0.3) is 0 Å². The van der Waals surface area contributed by atoms with Gasteiger partial charge in [-0.25, -0.2) is 0 Å². The van der Waals surface area contributed by atoms with Crippen molar-refractivity contribution in [3.63, 3.8) is 0 Å². The van der Waals surface area contributed by atoms with Gasteiger partial charge in [0.1, 0.15) is 0 Å². The van der Waals surface area contributed by atoms with Crippen molar-refractivity contribution in [3.05, 3.63) is 12.3 Å². The van der Waals surface area contributed by atoms with Crippen LogP contribution in [-0.4, -0.2) is 31.6 Å². The summed E-state index contributed by atoms with van der Waals surface area (Å²) in [6, 6.07) is 0. The molecule has 0 unspecified atom stereocenters. The molecule has 0 N–H and O–H groups in total. The van der Waals surface area contributed by atoms with E-state index < -0.39 is 35.0 Å². The second-order valence-electron chi connectivity index (χ2n) is 4.82. The molecule has 6 heteroatoms. The molecule has 5 nitrogen and oxygen atoms in total. The summed E-state index contributed by atoms with van der Waals surface area (Å²) in [5.74, 6) is -0.593. The summed E-state index contributed by atoms with van der Waals surface area (Å²) in [5, 5.41) is 0. The van der Waals surface area contributed by atoms with Gasteiger partial charge in [-0.05, 0) is 0 Å². The summed E-state index contributed by atoms with van der Waals surface area (Å²) < 4.78 is 16.2. The van der Waals surface area contributed by atoms with E-state index in [2.05, 4.69) is 6.58 Å². The molecule has 19 heavy (non-hydrogen) atoms. The van der Waals surface area contributed by atoms with Gasteiger partial charge in [0, 0.05) is 0 Å². The first-order valence-electron chi connectivity index (χ1n) is 6.36. The van der Waals surface area contributed by atoms with Gasteiger partial charge in [0.05, 0.1) is 0 Å². The quantitative estimate of drug-likeness (QED) is 0.503. The molecule has 0 aliphatic rings. The van der Waals surface area contributed by atoms with Crippen molar-refractivity contribution >= 4 is 31.6 Å². The van der Waals surface area contributed by atoms with Gasteiger partial charge in [0.2, 0.25) is 0 Å². The Morgan fingerprint density at radius 2 is 1.37 bits per heavy atom.